The molecule has 3 N–H and O–H groups in total. The second-order valence-corrected chi connectivity index (χ2v) is 5.22. The zero-order valence-corrected chi connectivity index (χ0v) is 13.4. The molecule has 0 radical (unpaired) electrons. The van der Waals surface area contributed by atoms with Gasteiger partial charge >= 0.3 is 6.09 Å². The number of methoxy groups -OCH3 is 1. The summed E-state index contributed by atoms with van der Waals surface area (Å²) in [7, 11) is 1.34. The molecule has 2 rings (SSSR count). The normalized spacial score (nSPS) is 14.8. The van der Waals surface area contributed by atoms with E-state index < -0.39 is 5.91 Å². The number of amides is 2. The first-order valence-electron chi connectivity index (χ1n) is 7.39. The molecule has 24 heavy (non-hydrogen) atoms. The summed E-state index contributed by atoms with van der Waals surface area (Å²) in [6.07, 6.45) is 1.14. The van der Waals surface area contributed by atoms with Gasteiger partial charge in [-0.2, -0.15) is 5.26 Å². The summed E-state index contributed by atoms with van der Waals surface area (Å²) >= 11 is 0. The zero-order chi connectivity index (χ0) is 17.5. The van der Waals surface area contributed by atoms with Gasteiger partial charge in [-0.25, -0.2) is 4.79 Å². The van der Waals surface area contributed by atoms with Crippen molar-refractivity contribution in [3.8, 4) is 6.07 Å². The predicted molar refractivity (Wildman–Crippen MR) is 88.7 cm³/mol. The second kappa shape index (κ2) is 7.87. The molecule has 1 aromatic rings. The number of nitriles is 1. The van der Waals surface area contributed by atoms with Crippen LogP contribution in [0.4, 0.5) is 16.2 Å². The standard InChI is InChI=1S/C16H19N5O3/c1-24-16(23)21-8-6-20(7-9-21)11-12(10-17)15(22)19-14-4-2-13(18)3-5-14/h2-5,11H,6-9,18H2,1H3,(H,19,22)/b12-11-. The van der Waals surface area contributed by atoms with Crippen molar-refractivity contribution in [2.24, 2.45) is 0 Å². The van der Waals surface area contributed by atoms with E-state index in [0.29, 0.717) is 37.6 Å². The fourth-order valence-electron chi connectivity index (χ4n) is 2.25. The van der Waals surface area contributed by atoms with E-state index in [1.54, 1.807) is 29.2 Å². The maximum absolute atomic E-state index is 12.2. The van der Waals surface area contributed by atoms with Gasteiger partial charge in [0.15, 0.2) is 0 Å². The summed E-state index contributed by atoms with van der Waals surface area (Å²) in [5.74, 6) is -0.488. The van der Waals surface area contributed by atoms with Gasteiger partial charge in [-0.1, -0.05) is 0 Å². The molecule has 8 nitrogen and oxygen atoms in total. The monoisotopic (exact) mass is 329 g/mol. The van der Waals surface area contributed by atoms with Crippen LogP contribution in [0, 0.1) is 11.3 Å². The third kappa shape index (κ3) is 4.39. The molecule has 0 saturated carbocycles. The van der Waals surface area contributed by atoms with Gasteiger partial charge in [-0.3, -0.25) is 4.79 Å². The van der Waals surface area contributed by atoms with Gasteiger partial charge < -0.3 is 25.6 Å². The van der Waals surface area contributed by atoms with Gasteiger partial charge in [0, 0.05) is 43.8 Å². The number of hydrogen-bond acceptors (Lipinski definition) is 6. The number of piperazine rings is 1. The molecule has 2 amide bonds. The maximum Gasteiger partial charge on any atom is 0.409 e. The maximum atomic E-state index is 12.2. The zero-order valence-electron chi connectivity index (χ0n) is 13.4. The first-order valence-corrected chi connectivity index (χ1v) is 7.39. The average Bonchev–Trinajstić information content (AvgIpc) is 2.61. The Morgan fingerprint density at radius 3 is 2.42 bits per heavy atom. The van der Waals surface area contributed by atoms with Crippen molar-refractivity contribution in [2.45, 2.75) is 0 Å². The van der Waals surface area contributed by atoms with E-state index in [1.165, 1.54) is 13.3 Å². The summed E-state index contributed by atoms with van der Waals surface area (Å²) in [5, 5.41) is 11.9. The summed E-state index contributed by atoms with van der Waals surface area (Å²) in [4.78, 5) is 27.0. The van der Waals surface area contributed by atoms with Crippen molar-refractivity contribution in [1.82, 2.24) is 9.80 Å². The molecule has 1 aromatic carbocycles. The molecule has 1 aliphatic heterocycles. The van der Waals surface area contributed by atoms with Crippen molar-refractivity contribution < 1.29 is 14.3 Å². The minimum atomic E-state index is -0.488. The van der Waals surface area contributed by atoms with E-state index in [9.17, 15) is 14.9 Å². The lowest BCUT2D eigenvalue weighted by Gasteiger charge is -2.33. The number of anilines is 2. The van der Waals surface area contributed by atoms with Gasteiger partial charge in [0.2, 0.25) is 0 Å². The number of hydrogen-bond donors (Lipinski definition) is 2. The first-order chi connectivity index (χ1) is 11.5. The van der Waals surface area contributed by atoms with Crippen molar-refractivity contribution >= 4 is 23.4 Å². The Kier molecular flexibility index (Phi) is 5.63. The Morgan fingerprint density at radius 1 is 1.25 bits per heavy atom. The van der Waals surface area contributed by atoms with E-state index in [4.69, 9.17) is 5.73 Å². The summed E-state index contributed by atoms with van der Waals surface area (Å²) in [6.45, 7) is 1.99. The van der Waals surface area contributed by atoms with E-state index in [2.05, 4.69) is 10.1 Å². The third-order valence-corrected chi connectivity index (χ3v) is 3.59. The average molecular weight is 329 g/mol. The quantitative estimate of drug-likeness (QED) is 0.486. The molecule has 126 valence electrons. The number of rotatable bonds is 3. The van der Waals surface area contributed by atoms with E-state index >= 15 is 0 Å². The van der Waals surface area contributed by atoms with Crippen LogP contribution in [0.15, 0.2) is 36.0 Å². The van der Waals surface area contributed by atoms with Crippen LogP contribution in [-0.4, -0.2) is 55.1 Å². The molecule has 0 unspecified atom stereocenters. The molecule has 1 heterocycles. The fourth-order valence-corrected chi connectivity index (χ4v) is 2.25. The number of ether oxygens (including phenoxy) is 1. The van der Waals surface area contributed by atoms with Crippen molar-refractivity contribution in [2.75, 3.05) is 44.3 Å². The largest absolute Gasteiger partial charge is 0.453 e. The van der Waals surface area contributed by atoms with Crippen molar-refractivity contribution in [3.05, 3.63) is 36.0 Å². The summed E-state index contributed by atoms with van der Waals surface area (Å²) in [6, 6.07) is 8.56. The van der Waals surface area contributed by atoms with Crippen LogP contribution in [0.5, 0.6) is 0 Å². The van der Waals surface area contributed by atoms with Gasteiger partial charge in [-0.05, 0) is 24.3 Å². The molecule has 8 heteroatoms. The Bertz CT molecular complexity index is 670. The number of nitrogen functional groups attached to an aromatic ring is 1. The fraction of sp³-hybridized carbons (Fsp3) is 0.312. The van der Waals surface area contributed by atoms with E-state index in [0.717, 1.165) is 0 Å². The molecule has 1 saturated heterocycles. The van der Waals surface area contributed by atoms with Gasteiger partial charge in [0.25, 0.3) is 5.91 Å². The third-order valence-electron chi connectivity index (χ3n) is 3.59. The summed E-state index contributed by atoms with van der Waals surface area (Å²) in [5.41, 5.74) is 6.74. The molecule has 0 bridgehead atoms. The minimum Gasteiger partial charge on any atom is -0.453 e. The molecular formula is C16H19N5O3. The number of carbonyl (C=O) groups is 2. The van der Waals surface area contributed by atoms with Crippen LogP contribution < -0.4 is 11.1 Å². The lowest BCUT2D eigenvalue weighted by Crippen LogP contribution is -2.47. The number of carbonyl (C=O) groups excluding carboxylic acids is 2. The number of benzene rings is 1. The number of nitrogens with one attached hydrogen (secondary N) is 1. The highest BCUT2D eigenvalue weighted by Gasteiger charge is 2.21. The summed E-state index contributed by atoms with van der Waals surface area (Å²) < 4.78 is 4.67. The smallest absolute Gasteiger partial charge is 0.409 e. The Labute approximate surface area is 140 Å². The SMILES string of the molecule is COC(=O)N1CCN(/C=C(/C#N)C(=O)Nc2ccc(N)cc2)CC1. The van der Waals surface area contributed by atoms with E-state index in [1.807, 2.05) is 11.0 Å². The van der Waals surface area contributed by atoms with Crippen molar-refractivity contribution in [1.29, 1.82) is 5.26 Å². The molecule has 1 fully saturated rings. The number of nitrogens with zero attached hydrogens (tertiary/aromatic N) is 3. The van der Waals surface area contributed by atoms with Crippen LogP contribution in [0.25, 0.3) is 0 Å². The molecule has 0 aliphatic carbocycles. The Morgan fingerprint density at radius 2 is 1.88 bits per heavy atom. The highest BCUT2D eigenvalue weighted by molar-refractivity contribution is 6.06. The van der Waals surface area contributed by atoms with Crippen LogP contribution in [0.1, 0.15) is 0 Å². The molecule has 0 atom stereocenters. The van der Waals surface area contributed by atoms with Gasteiger partial charge in [0.1, 0.15) is 11.6 Å². The van der Waals surface area contributed by atoms with E-state index in [-0.39, 0.29) is 11.7 Å². The second-order valence-electron chi connectivity index (χ2n) is 5.22. The van der Waals surface area contributed by atoms with Crippen LogP contribution in [-0.2, 0) is 9.53 Å². The molecule has 1 aliphatic rings. The predicted octanol–water partition coefficient (Wildman–Crippen LogP) is 0.999. The van der Waals surface area contributed by atoms with Gasteiger partial charge in [0.05, 0.1) is 7.11 Å². The number of nitrogens with two attached hydrogens (primary N) is 1. The van der Waals surface area contributed by atoms with Gasteiger partial charge in [-0.15, -0.1) is 0 Å². The molecule has 0 aromatic heterocycles. The Hall–Kier alpha value is -3.21. The van der Waals surface area contributed by atoms with Crippen molar-refractivity contribution in [3.63, 3.8) is 0 Å². The van der Waals surface area contributed by atoms with Crippen LogP contribution in [0.2, 0.25) is 0 Å². The Balaban J connectivity index is 1.97. The lowest BCUT2D eigenvalue weighted by atomic mass is 10.2. The van der Waals surface area contributed by atoms with Crippen LogP contribution >= 0.6 is 0 Å². The minimum absolute atomic E-state index is 0.00153. The highest BCUT2D eigenvalue weighted by Crippen LogP contribution is 2.12. The molecular weight excluding hydrogens is 310 g/mol. The first kappa shape index (κ1) is 17.1. The topological polar surface area (TPSA) is 112 Å². The van der Waals surface area contributed by atoms with Crippen LogP contribution in [0.3, 0.4) is 0 Å². The highest BCUT2D eigenvalue weighted by atomic mass is 16.5. The molecule has 0 spiro atoms. The lowest BCUT2D eigenvalue weighted by molar-refractivity contribution is -0.112.